The molecule has 3 rings (SSSR count). The number of rotatable bonds is 6. The first-order valence-corrected chi connectivity index (χ1v) is 11.1. The predicted molar refractivity (Wildman–Crippen MR) is 115 cm³/mol. The number of aryl methyl sites for hydroxylation is 1. The van der Waals surface area contributed by atoms with Gasteiger partial charge in [0.1, 0.15) is 5.75 Å². The summed E-state index contributed by atoms with van der Waals surface area (Å²) in [6.07, 6.45) is 2.58. The molecule has 0 unspecified atom stereocenters. The van der Waals surface area contributed by atoms with Gasteiger partial charge < -0.3 is 10.1 Å². The summed E-state index contributed by atoms with van der Waals surface area (Å²) in [5, 5.41) is 4.13. The number of ether oxygens (including phenoxy) is 1. The van der Waals surface area contributed by atoms with E-state index in [1.165, 1.54) is 9.71 Å². The third-order valence-corrected chi connectivity index (χ3v) is 6.62. The van der Waals surface area contributed by atoms with Crippen LogP contribution in [0.3, 0.4) is 0 Å². The average molecular weight is 415 g/mol. The van der Waals surface area contributed by atoms with Crippen molar-refractivity contribution in [1.82, 2.24) is 4.31 Å². The Morgan fingerprint density at radius 2 is 1.76 bits per heavy atom. The van der Waals surface area contributed by atoms with Crippen LogP contribution in [0.5, 0.6) is 5.75 Å². The molecule has 0 radical (unpaired) electrons. The molecule has 2 aromatic carbocycles. The first-order valence-electron chi connectivity index (χ1n) is 9.58. The molecule has 1 saturated heterocycles. The molecule has 1 amide bonds. The summed E-state index contributed by atoms with van der Waals surface area (Å²) in [4.78, 5) is 12.6. The molecule has 0 atom stereocenters. The standard InChI is InChI=1S/C22H26N2O4S/c1-17-7-9-18(10-8-17)13-16-29(26,27)24-14-11-19(12-15-24)22(25)23-20-5-3-4-6-21(20)28-2/h3-10,13,16,19H,11-12,14-15H2,1-2H3,(H,23,25). The second-order valence-electron chi connectivity index (χ2n) is 7.12. The van der Waals surface area contributed by atoms with Gasteiger partial charge in [-0.05, 0) is 43.5 Å². The molecule has 1 N–H and O–H groups in total. The molecule has 0 saturated carbocycles. The van der Waals surface area contributed by atoms with Crippen molar-refractivity contribution < 1.29 is 17.9 Å². The van der Waals surface area contributed by atoms with Gasteiger partial charge in [-0.15, -0.1) is 0 Å². The molecule has 154 valence electrons. The number of benzene rings is 2. The summed E-state index contributed by atoms with van der Waals surface area (Å²) in [5.74, 6) is 0.260. The van der Waals surface area contributed by atoms with Gasteiger partial charge in [0.2, 0.25) is 15.9 Å². The van der Waals surface area contributed by atoms with Gasteiger partial charge >= 0.3 is 0 Å². The van der Waals surface area contributed by atoms with Crippen LogP contribution in [-0.2, 0) is 14.8 Å². The Bertz CT molecular complexity index is 976. The number of nitrogens with one attached hydrogen (secondary N) is 1. The highest BCUT2D eigenvalue weighted by Crippen LogP contribution is 2.26. The highest BCUT2D eigenvalue weighted by molar-refractivity contribution is 7.92. The maximum absolute atomic E-state index is 12.6. The van der Waals surface area contributed by atoms with Gasteiger partial charge in [0.15, 0.2) is 0 Å². The Labute approximate surface area is 172 Å². The number of hydrogen-bond donors (Lipinski definition) is 1. The summed E-state index contributed by atoms with van der Waals surface area (Å²) < 4.78 is 31.9. The van der Waals surface area contributed by atoms with Crippen molar-refractivity contribution in [3.63, 3.8) is 0 Å². The van der Waals surface area contributed by atoms with Crippen LogP contribution in [0, 0.1) is 12.8 Å². The molecule has 1 aliphatic heterocycles. The fourth-order valence-electron chi connectivity index (χ4n) is 3.28. The van der Waals surface area contributed by atoms with Crippen molar-refractivity contribution in [3.05, 3.63) is 65.1 Å². The van der Waals surface area contributed by atoms with Crippen molar-refractivity contribution in [3.8, 4) is 5.75 Å². The molecule has 1 heterocycles. The van der Waals surface area contributed by atoms with Gasteiger partial charge in [-0.1, -0.05) is 42.0 Å². The molecule has 1 fully saturated rings. The van der Waals surface area contributed by atoms with Crippen molar-refractivity contribution in [1.29, 1.82) is 0 Å². The van der Waals surface area contributed by atoms with Crippen LogP contribution in [0.2, 0.25) is 0 Å². The lowest BCUT2D eigenvalue weighted by atomic mass is 9.97. The molecule has 7 heteroatoms. The molecule has 29 heavy (non-hydrogen) atoms. The number of hydrogen-bond acceptors (Lipinski definition) is 4. The minimum Gasteiger partial charge on any atom is -0.495 e. The predicted octanol–water partition coefficient (Wildman–Crippen LogP) is 3.65. The first-order chi connectivity index (χ1) is 13.9. The van der Waals surface area contributed by atoms with E-state index in [0.29, 0.717) is 37.4 Å². The Morgan fingerprint density at radius 3 is 2.41 bits per heavy atom. The summed E-state index contributed by atoms with van der Waals surface area (Å²) in [6.45, 7) is 2.63. The summed E-state index contributed by atoms with van der Waals surface area (Å²) >= 11 is 0. The molecule has 2 aromatic rings. The molecule has 0 bridgehead atoms. The molecule has 0 aliphatic carbocycles. The first kappa shape index (κ1) is 21.1. The third kappa shape index (κ3) is 5.46. The molecule has 0 spiro atoms. The largest absolute Gasteiger partial charge is 0.495 e. The normalized spacial score (nSPS) is 16.1. The maximum atomic E-state index is 12.6. The van der Waals surface area contributed by atoms with Crippen LogP contribution >= 0.6 is 0 Å². The summed E-state index contributed by atoms with van der Waals surface area (Å²) in [5.41, 5.74) is 2.58. The molecular formula is C22H26N2O4S. The van der Waals surface area contributed by atoms with Gasteiger partial charge in [0.05, 0.1) is 12.8 Å². The Morgan fingerprint density at radius 1 is 1.10 bits per heavy atom. The fraction of sp³-hybridized carbons (Fsp3) is 0.318. The minimum absolute atomic E-state index is 0.109. The van der Waals surface area contributed by atoms with Crippen LogP contribution in [-0.4, -0.2) is 38.8 Å². The van der Waals surface area contributed by atoms with Crippen LogP contribution in [0.25, 0.3) is 6.08 Å². The van der Waals surface area contributed by atoms with Crippen LogP contribution < -0.4 is 10.1 Å². The quantitative estimate of drug-likeness (QED) is 0.783. The average Bonchev–Trinajstić information content (AvgIpc) is 2.74. The summed E-state index contributed by atoms with van der Waals surface area (Å²) in [6, 6.07) is 14.9. The molecule has 0 aromatic heterocycles. The van der Waals surface area contributed by atoms with E-state index < -0.39 is 10.0 Å². The van der Waals surface area contributed by atoms with E-state index >= 15 is 0 Å². The second-order valence-corrected chi connectivity index (χ2v) is 8.94. The van der Waals surface area contributed by atoms with Crippen LogP contribution in [0.15, 0.2) is 53.9 Å². The number of amides is 1. The number of sulfonamides is 1. The zero-order chi connectivity index (χ0) is 20.9. The van der Waals surface area contributed by atoms with E-state index in [0.717, 1.165) is 11.1 Å². The van der Waals surface area contributed by atoms with Gasteiger partial charge in [-0.25, -0.2) is 8.42 Å². The topological polar surface area (TPSA) is 75.7 Å². The summed E-state index contributed by atoms with van der Waals surface area (Å²) in [7, 11) is -1.96. The SMILES string of the molecule is COc1ccccc1NC(=O)C1CCN(S(=O)(=O)C=Cc2ccc(C)cc2)CC1. The lowest BCUT2D eigenvalue weighted by Gasteiger charge is -2.29. The monoisotopic (exact) mass is 414 g/mol. The number of methoxy groups -OCH3 is 1. The molecule has 1 aliphatic rings. The fourth-order valence-corrected chi connectivity index (χ4v) is 4.50. The zero-order valence-electron chi connectivity index (χ0n) is 16.7. The Kier molecular flexibility index (Phi) is 6.71. The zero-order valence-corrected chi connectivity index (χ0v) is 17.5. The van der Waals surface area contributed by atoms with E-state index in [2.05, 4.69) is 5.32 Å². The van der Waals surface area contributed by atoms with Crippen molar-refractivity contribution in [2.45, 2.75) is 19.8 Å². The van der Waals surface area contributed by atoms with Gasteiger partial charge in [0, 0.05) is 24.4 Å². The second kappa shape index (κ2) is 9.24. The van der Waals surface area contributed by atoms with E-state index in [1.54, 1.807) is 25.3 Å². The number of anilines is 1. The lowest BCUT2D eigenvalue weighted by Crippen LogP contribution is -2.40. The number of para-hydroxylation sites is 2. The van der Waals surface area contributed by atoms with Gasteiger partial charge in [-0.2, -0.15) is 4.31 Å². The highest BCUT2D eigenvalue weighted by atomic mass is 32.2. The van der Waals surface area contributed by atoms with Crippen molar-refractivity contribution in [2.75, 3.05) is 25.5 Å². The number of piperidine rings is 1. The van der Waals surface area contributed by atoms with E-state index in [1.807, 2.05) is 43.3 Å². The minimum atomic E-state index is -3.51. The smallest absolute Gasteiger partial charge is 0.236 e. The Hall–Kier alpha value is -2.64. The third-order valence-electron chi connectivity index (χ3n) is 5.06. The van der Waals surface area contributed by atoms with Crippen LogP contribution in [0.1, 0.15) is 24.0 Å². The Balaban J connectivity index is 1.57. The van der Waals surface area contributed by atoms with Crippen molar-refractivity contribution in [2.24, 2.45) is 5.92 Å². The maximum Gasteiger partial charge on any atom is 0.236 e. The number of carbonyl (C=O) groups excluding carboxylic acids is 1. The molecule has 6 nitrogen and oxygen atoms in total. The van der Waals surface area contributed by atoms with E-state index in [4.69, 9.17) is 4.74 Å². The highest BCUT2D eigenvalue weighted by Gasteiger charge is 2.30. The number of carbonyl (C=O) groups is 1. The van der Waals surface area contributed by atoms with E-state index in [9.17, 15) is 13.2 Å². The van der Waals surface area contributed by atoms with Gasteiger partial charge in [-0.3, -0.25) is 4.79 Å². The van der Waals surface area contributed by atoms with Gasteiger partial charge in [0.25, 0.3) is 0 Å². The van der Waals surface area contributed by atoms with Crippen molar-refractivity contribution >= 4 is 27.7 Å². The number of nitrogens with zero attached hydrogens (tertiary/aromatic N) is 1. The van der Waals surface area contributed by atoms with Crippen LogP contribution in [0.4, 0.5) is 5.69 Å². The molecular weight excluding hydrogens is 388 g/mol. The van der Waals surface area contributed by atoms with E-state index in [-0.39, 0.29) is 11.8 Å². The lowest BCUT2D eigenvalue weighted by molar-refractivity contribution is -0.120.